The molecule has 0 bridgehead atoms. The van der Waals surface area contributed by atoms with E-state index in [1.165, 1.54) is 0 Å². The zero-order valence-corrected chi connectivity index (χ0v) is 10.3. The molecule has 0 saturated heterocycles. The fraction of sp³-hybridized carbons (Fsp3) is 0.462. The lowest BCUT2D eigenvalue weighted by molar-refractivity contribution is 0.322. The number of benzene rings is 1. The van der Waals surface area contributed by atoms with Gasteiger partial charge in [-0.25, -0.2) is 0 Å². The van der Waals surface area contributed by atoms with Crippen molar-refractivity contribution >= 4 is 5.84 Å². The molecule has 0 aliphatic carbocycles. The second-order valence-electron chi connectivity index (χ2n) is 3.68. The van der Waals surface area contributed by atoms with Crippen molar-refractivity contribution in [3.63, 3.8) is 0 Å². The standard InChI is InChI=1S/C13H18N2O2/c1-3-16-10-5-6-11(12(9-10)17-4-2)13-14-7-8-15-13/h5-6,9H,3-4,7-8H2,1-2H3,(H,14,15). The lowest BCUT2D eigenvalue weighted by Crippen LogP contribution is -2.20. The lowest BCUT2D eigenvalue weighted by Gasteiger charge is -2.12. The summed E-state index contributed by atoms with van der Waals surface area (Å²) in [6, 6.07) is 5.86. The highest BCUT2D eigenvalue weighted by Crippen LogP contribution is 2.26. The molecular formula is C13H18N2O2. The third kappa shape index (κ3) is 2.70. The van der Waals surface area contributed by atoms with Gasteiger partial charge in [0.25, 0.3) is 0 Å². The highest BCUT2D eigenvalue weighted by atomic mass is 16.5. The van der Waals surface area contributed by atoms with E-state index >= 15 is 0 Å². The first-order chi connectivity index (χ1) is 8.35. The Morgan fingerprint density at radius 1 is 1.24 bits per heavy atom. The van der Waals surface area contributed by atoms with Gasteiger partial charge in [0.05, 0.1) is 25.3 Å². The quantitative estimate of drug-likeness (QED) is 0.845. The Labute approximate surface area is 102 Å². The van der Waals surface area contributed by atoms with Crippen LogP contribution in [0.3, 0.4) is 0 Å². The number of rotatable bonds is 5. The predicted molar refractivity (Wildman–Crippen MR) is 68.2 cm³/mol. The topological polar surface area (TPSA) is 42.8 Å². The number of nitrogens with one attached hydrogen (secondary N) is 1. The number of aliphatic imine (C=N–C) groups is 1. The van der Waals surface area contributed by atoms with E-state index in [1.807, 2.05) is 32.0 Å². The first kappa shape index (κ1) is 11.8. The van der Waals surface area contributed by atoms with E-state index in [2.05, 4.69) is 10.3 Å². The maximum Gasteiger partial charge on any atom is 0.133 e. The Hall–Kier alpha value is -1.71. The summed E-state index contributed by atoms with van der Waals surface area (Å²) in [6.07, 6.45) is 0. The van der Waals surface area contributed by atoms with E-state index in [4.69, 9.17) is 9.47 Å². The van der Waals surface area contributed by atoms with Crippen LogP contribution >= 0.6 is 0 Å². The summed E-state index contributed by atoms with van der Waals surface area (Å²) in [5.74, 6) is 2.57. The zero-order chi connectivity index (χ0) is 12.1. The van der Waals surface area contributed by atoms with E-state index in [9.17, 15) is 0 Å². The molecule has 0 atom stereocenters. The maximum absolute atomic E-state index is 5.64. The van der Waals surface area contributed by atoms with Crippen LogP contribution in [0.4, 0.5) is 0 Å². The summed E-state index contributed by atoms with van der Waals surface area (Å²) >= 11 is 0. The van der Waals surface area contributed by atoms with Crippen LogP contribution < -0.4 is 14.8 Å². The van der Waals surface area contributed by atoms with Gasteiger partial charge < -0.3 is 14.8 Å². The first-order valence-electron chi connectivity index (χ1n) is 6.03. The molecule has 0 spiro atoms. The monoisotopic (exact) mass is 234 g/mol. The summed E-state index contributed by atoms with van der Waals surface area (Å²) in [5, 5.41) is 3.25. The SMILES string of the molecule is CCOc1ccc(C2=NCCN2)c(OCC)c1. The highest BCUT2D eigenvalue weighted by Gasteiger charge is 2.14. The number of amidine groups is 1. The molecule has 4 nitrogen and oxygen atoms in total. The molecule has 1 N–H and O–H groups in total. The van der Waals surface area contributed by atoms with Crippen molar-refractivity contribution in [2.75, 3.05) is 26.3 Å². The van der Waals surface area contributed by atoms with Gasteiger partial charge in [0, 0.05) is 12.6 Å². The van der Waals surface area contributed by atoms with Gasteiger partial charge in [0.1, 0.15) is 17.3 Å². The highest BCUT2D eigenvalue weighted by molar-refractivity contribution is 6.02. The largest absolute Gasteiger partial charge is 0.494 e. The molecular weight excluding hydrogens is 216 g/mol. The summed E-state index contributed by atoms with van der Waals surface area (Å²) < 4.78 is 11.1. The van der Waals surface area contributed by atoms with Crippen molar-refractivity contribution in [1.29, 1.82) is 0 Å². The summed E-state index contributed by atoms with van der Waals surface area (Å²) in [4.78, 5) is 4.41. The number of hydrogen-bond donors (Lipinski definition) is 1. The molecule has 0 fully saturated rings. The van der Waals surface area contributed by atoms with Gasteiger partial charge >= 0.3 is 0 Å². The lowest BCUT2D eigenvalue weighted by atomic mass is 10.1. The molecule has 1 aliphatic rings. The summed E-state index contributed by atoms with van der Waals surface area (Å²) in [7, 11) is 0. The van der Waals surface area contributed by atoms with Crippen LogP contribution in [-0.2, 0) is 0 Å². The van der Waals surface area contributed by atoms with E-state index in [0.717, 1.165) is 36.0 Å². The molecule has 1 aliphatic heterocycles. The Balaban J connectivity index is 2.30. The first-order valence-corrected chi connectivity index (χ1v) is 6.03. The molecule has 0 aromatic heterocycles. The van der Waals surface area contributed by atoms with Crippen LogP contribution in [0.2, 0.25) is 0 Å². The number of nitrogens with zero attached hydrogens (tertiary/aromatic N) is 1. The molecule has 4 heteroatoms. The van der Waals surface area contributed by atoms with E-state index in [0.29, 0.717) is 13.2 Å². The Morgan fingerprint density at radius 3 is 2.71 bits per heavy atom. The number of hydrogen-bond acceptors (Lipinski definition) is 4. The van der Waals surface area contributed by atoms with Crippen molar-refractivity contribution in [2.24, 2.45) is 4.99 Å². The van der Waals surface area contributed by atoms with Crippen LogP contribution in [0.25, 0.3) is 0 Å². The van der Waals surface area contributed by atoms with Gasteiger partial charge in [-0.05, 0) is 26.0 Å². The van der Waals surface area contributed by atoms with Crippen molar-refractivity contribution in [3.8, 4) is 11.5 Å². The van der Waals surface area contributed by atoms with Crippen molar-refractivity contribution < 1.29 is 9.47 Å². The van der Waals surface area contributed by atoms with Crippen molar-refractivity contribution in [3.05, 3.63) is 23.8 Å². The average Bonchev–Trinajstić information content (AvgIpc) is 2.84. The van der Waals surface area contributed by atoms with Crippen molar-refractivity contribution in [2.45, 2.75) is 13.8 Å². The van der Waals surface area contributed by atoms with Crippen LogP contribution in [0.5, 0.6) is 11.5 Å². The maximum atomic E-state index is 5.64. The Morgan fingerprint density at radius 2 is 2.06 bits per heavy atom. The zero-order valence-electron chi connectivity index (χ0n) is 10.3. The molecule has 1 aromatic rings. The van der Waals surface area contributed by atoms with Crippen LogP contribution in [0, 0.1) is 0 Å². The third-order valence-corrected chi connectivity index (χ3v) is 2.49. The van der Waals surface area contributed by atoms with Gasteiger partial charge in [0.2, 0.25) is 0 Å². The molecule has 1 aromatic carbocycles. The van der Waals surface area contributed by atoms with Crippen LogP contribution in [0.15, 0.2) is 23.2 Å². The minimum Gasteiger partial charge on any atom is -0.494 e. The molecule has 92 valence electrons. The van der Waals surface area contributed by atoms with Crippen molar-refractivity contribution in [1.82, 2.24) is 5.32 Å². The third-order valence-electron chi connectivity index (χ3n) is 2.49. The molecule has 0 amide bonds. The molecule has 17 heavy (non-hydrogen) atoms. The second kappa shape index (κ2) is 5.57. The fourth-order valence-electron chi connectivity index (χ4n) is 1.81. The number of ether oxygens (including phenoxy) is 2. The van der Waals surface area contributed by atoms with E-state index in [-0.39, 0.29) is 0 Å². The van der Waals surface area contributed by atoms with E-state index in [1.54, 1.807) is 0 Å². The minimum atomic E-state index is 0.635. The normalized spacial score (nSPS) is 14.1. The van der Waals surface area contributed by atoms with Crippen LogP contribution in [-0.4, -0.2) is 32.1 Å². The minimum absolute atomic E-state index is 0.635. The molecule has 0 radical (unpaired) electrons. The second-order valence-corrected chi connectivity index (χ2v) is 3.68. The molecule has 2 rings (SSSR count). The van der Waals surface area contributed by atoms with Gasteiger partial charge in [-0.2, -0.15) is 0 Å². The molecule has 0 saturated carbocycles. The summed E-state index contributed by atoms with van der Waals surface area (Å²) in [5.41, 5.74) is 1.01. The summed E-state index contributed by atoms with van der Waals surface area (Å²) in [6.45, 7) is 6.96. The fourth-order valence-corrected chi connectivity index (χ4v) is 1.81. The van der Waals surface area contributed by atoms with Crippen LogP contribution in [0.1, 0.15) is 19.4 Å². The molecule has 0 unspecified atom stereocenters. The predicted octanol–water partition coefficient (Wildman–Crippen LogP) is 1.83. The average molecular weight is 234 g/mol. The van der Waals surface area contributed by atoms with Gasteiger partial charge in [0.15, 0.2) is 0 Å². The Kier molecular flexibility index (Phi) is 3.85. The van der Waals surface area contributed by atoms with Gasteiger partial charge in [-0.3, -0.25) is 4.99 Å². The van der Waals surface area contributed by atoms with Gasteiger partial charge in [-0.15, -0.1) is 0 Å². The molecule has 1 heterocycles. The smallest absolute Gasteiger partial charge is 0.133 e. The van der Waals surface area contributed by atoms with E-state index < -0.39 is 0 Å². The van der Waals surface area contributed by atoms with Gasteiger partial charge in [-0.1, -0.05) is 0 Å². The Bertz CT molecular complexity index is 416.